The molecule has 0 aliphatic carbocycles. The minimum absolute atomic E-state index is 0.0876. The van der Waals surface area contributed by atoms with Crippen LogP contribution in [0.3, 0.4) is 0 Å². The quantitative estimate of drug-likeness (QED) is 0.299. The number of aliphatic imine (C=N–C) groups is 1. The van der Waals surface area contributed by atoms with E-state index in [1.807, 2.05) is 61.5 Å². The molecular formula is C34H33N7O2. The Hall–Kier alpha value is -5.31. The highest BCUT2D eigenvalue weighted by Gasteiger charge is 2.22. The van der Waals surface area contributed by atoms with Crippen molar-refractivity contribution in [2.75, 3.05) is 36.0 Å². The zero-order valence-corrected chi connectivity index (χ0v) is 24.5. The number of nitrogens with one attached hydrogen (secondary N) is 1. The molecule has 0 atom stereocenters. The topological polar surface area (TPSA) is 83.6 Å². The lowest BCUT2D eigenvalue weighted by Crippen LogP contribution is -2.46. The van der Waals surface area contributed by atoms with Crippen LogP contribution in [-0.2, 0) is 14.1 Å². The number of benzene rings is 4. The summed E-state index contributed by atoms with van der Waals surface area (Å²) in [5.41, 5.74) is 6.30. The zero-order chi connectivity index (χ0) is 29.7. The molecule has 216 valence electrons. The first-order chi connectivity index (χ1) is 20.9. The normalized spacial score (nSPS) is 14.0. The van der Waals surface area contributed by atoms with Gasteiger partial charge in [0.25, 0.3) is 5.56 Å². The van der Waals surface area contributed by atoms with Gasteiger partial charge in [0.15, 0.2) is 0 Å². The number of hydrogen-bond acceptors (Lipinski definition) is 5. The Bertz CT molecular complexity index is 2120. The largest absolute Gasteiger partial charge is 0.368 e. The number of piperazine rings is 1. The van der Waals surface area contributed by atoms with Crippen LogP contribution in [0.1, 0.15) is 11.3 Å². The third-order valence-electron chi connectivity index (χ3n) is 8.57. The molecule has 0 spiro atoms. The van der Waals surface area contributed by atoms with Crippen molar-refractivity contribution in [3.05, 3.63) is 117 Å². The standard InChI is InChI=1S/C34H33N7O2/c1-23-27(33(42)41(36-23)29-15-9-11-24-10-7-8-14-26(24)29)22-35-28-20-31-32(38(3)34(43)37(31)2)21-30(28)40-18-16-39(17-19-40)25-12-5-4-6-13-25/h4-15,20-22,36H,16-19H2,1-3H3. The second-order valence-electron chi connectivity index (χ2n) is 11.1. The fraction of sp³-hybridized carbons (Fsp3) is 0.206. The number of imidazole rings is 1. The predicted octanol–water partition coefficient (Wildman–Crippen LogP) is 4.89. The molecule has 4 aromatic carbocycles. The van der Waals surface area contributed by atoms with Gasteiger partial charge in [-0.15, -0.1) is 0 Å². The van der Waals surface area contributed by atoms with E-state index in [0.29, 0.717) is 5.56 Å². The van der Waals surface area contributed by atoms with Crippen LogP contribution < -0.4 is 21.0 Å². The van der Waals surface area contributed by atoms with E-state index in [-0.39, 0.29) is 11.2 Å². The van der Waals surface area contributed by atoms with Crippen molar-refractivity contribution in [1.82, 2.24) is 18.9 Å². The van der Waals surface area contributed by atoms with Gasteiger partial charge in [-0.05, 0) is 42.6 Å². The fourth-order valence-electron chi connectivity index (χ4n) is 6.14. The first kappa shape index (κ1) is 26.6. The summed E-state index contributed by atoms with van der Waals surface area (Å²) < 4.78 is 4.90. The first-order valence-electron chi connectivity index (χ1n) is 14.5. The van der Waals surface area contributed by atoms with E-state index >= 15 is 0 Å². The molecule has 0 amide bonds. The maximum absolute atomic E-state index is 13.7. The van der Waals surface area contributed by atoms with Crippen LogP contribution in [0.15, 0.2) is 99.5 Å². The summed E-state index contributed by atoms with van der Waals surface area (Å²) in [7, 11) is 3.57. The summed E-state index contributed by atoms with van der Waals surface area (Å²) >= 11 is 0. The average molecular weight is 572 g/mol. The summed E-state index contributed by atoms with van der Waals surface area (Å²) in [6, 6.07) is 28.4. The molecule has 2 aromatic heterocycles. The SMILES string of the molecule is Cc1[nH]n(-c2cccc3ccccc23)c(=O)c1C=Nc1cc2c(cc1N1CCN(c3ccccc3)CC1)n(C)c(=O)n2C. The molecule has 1 fully saturated rings. The number of hydrogen-bond donors (Lipinski definition) is 1. The Morgan fingerprint density at radius 1 is 0.744 bits per heavy atom. The molecule has 1 saturated heterocycles. The van der Waals surface area contributed by atoms with Crippen LogP contribution in [0, 0.1) is 6.92 Å². The van der Waals surface area contributed by atoms with Gasteiger partial charge in [-0.3, -0.25) is 24.0 Å². The summed E-state index contributed by atoms with van der Waals surface area (Å²) in [5, 5.41) is 5.31. The van der Waals surface area contributed by atoms with E-state index in [9.17, 15) is 9.59 Å². The molecule has 0 bridgehead atoms. The van der Waals surface area contributed by atoms with E-state index in [0.717, 1.165) is 70.7 Å². The highest BCUT2D eigenvalue weighted by molar-refractivity contribution is 5.93. The summed E-state index contributed by atoms with van der Waals surface area (Å²) in [4.78, 5) is 36.1. The Labute approximate surface area is 248 Å². The summed E-state index contributed by atoms with van der Waals surface area (Å²) in [6.07, 6.45) is 1.65. The van der Waals surface area contributed by atoms with Crippen molar-refractivity contribution in [1.29, 1.82) is 0 Å². The predicted molar refractivity (Wildman–Crippen MR) is 175 cm³/mol. The van der Waals surface area contributed by atoms with Gasteiger partial charge in [-0.25, -0.2) is 9.48 Å². The summed E-state index contributed by atoms with van der Waals surface area (Å²) in [6.45, 7) is 5.23. The van der Waals surface area contributed by atoms with Gasteiger partial charge in [-0.2, -0.15) is 0 Å². The Morgan fingerprint density at radius 3 is 2.16 bits per heavy atom. The third kappa shape index (κ3) is 4.53. The van der Waals surface area contributed by atoms with Gasteiger partial charge in [0.2, 0.25) is 0 Å². The van der Waals surface area contributed by atoms with Crippen LogP contribution in [0.4, 0.5) is 17.1 Å². The molecule has 1 aliphatic rings. The van der Waals surface area contributed by atoms with Crippen molar-refractivity contribution < 1.29 is 0 Å². The zero-order valence-electron chi connectivity index (χ0n) is 24.5. The highest BCUT2D eigenvalue weighted by Crippen LogP contribution is 2.34. The summed E-state index contributed by atoms with van der Waals surface area (Å²) in [5.74, 6) is 0. The Morgan fingerprint density at radius 2 is 1.40 bits per heavy atom. The second kappa shape index (κ2) is 10.5. The van der Waals surface area contributed by atoms with E-state index in [4.69, 9.17) is 4.99 Å². The molecule has 6 aromatic rings. The maximum atomic E-state index is 13.7. The smallest absolute Gasteiger partial charge is 0.328 e. The molecule has 43 heavy (non-hydrogen) atoms. The van der Waals surface area contributed by atoms with E-state index in [1.54, 1.807) is 34.1 Å². The van der Waals surface area contributed by atoms with Crippen LogP contribution in [-0.4, -0.2) is 51.3 Å². The van der Waals surface area contributed by atoms with Gasteiger partial charge >= 0.3 is 5.69 Å². The Balaban J connectivity index is 1.28. The van der Waals surface area contributed by atoms with Crippen molar-refractivity contribution in [2.24, 2.45) is 19.1 Å². The maximum Gasteiger partial charge on any atom is 0.328 e. The van der Waals surface area contributed by atoms with Crippen molar-refractivity contribution >= 4 is 45.1 Å². The van der Waals surface area contributed by atoms with Gasteiger partial charge < -0.3 is 9.80 Å². The first-order valence-corrected chi connectivity index (χ1v) is 14.5. The van der Waals surface area contributed by atoms with Crippen molar-refractivity contribution in [3.8, 4) is 5.69 Å². The lowest BCUT2D eigenvalue weighted by Gasteiger charge is -2.37. The number of nitrogens with zero attached hydrogens (tertiary/aromatic N) is 6. The molecule has 0 saturated carbocycles. The van der Waals surface area contributed by atoms with Gasteiger partial charge in [0.05, 0.1) is 33.7 Å². The molecule has 7 rings (SSSR count). The van der Waals surface area contributed by atoms with Crippen LogP contribution in [0.5, 0.6) is 0 Å². The molecule has 9 heteroatoms. The second-order valence-corrected chi connectivity index (χ2v) is 11.1. The van der Waals surface area contributed by atoms with Crippen LogP contribution in [0.25, 0.3) is 27.5 Å². The molecule has 9 nitrogen and oxygen atoms in total. The van der Waals surface area contributed by atoms with Crippen LogP contribution >= 0.6 is 0 Å². The number of anilines is 2. The molecular weight excluding hydrogens is 538 g/mol. The third-order valence-corrected chi connectivity index (χ3v) is 8.57. The van der Waals surface area contributed by atoms with Crippen molar-refractivity contribution in [3.63, 3.8) is 0 Å². The molecule has 1 aliphatic heterocycles. The number of para-hydroxylation sites is 1. The monoisotopic (exact) mass is 571 g/mol. The number of fused-ring (bicyclic) bond motifs is 2. The van der Waals surface area contributed by atoms with Gasteiger partial charge in [-0.1, -0.05) is 54.6 Å². The highest BCUT2D eigenvalue weighted by atomic mass is 16.1. The van der Waals surface area contributed by atoms with E-state index in [2.05, 4.69) is 45.2 Å². The molecule has 3 heterocycles. The molecule has 0 unspecified atom stereocenters. The number of aryl methyl sites for hydroxylation is 3. The Kier molecular flexibility index (Phi) is 6.50. The molecule has 1 N–H and O–H groups in total. The minimum atomic E-state index is -0.163. The number of aromatic nitrogens is 4. The van der Waals surface area contributed by atoms with Gasteiger partial charge in [0.1, 0.15) is 0 Å². The lowest BCUT2D eigenvalue weighted by atomic mass is 10.1. The molecule has 0 radical (unpaired) electrons. The lowest BCUT2D eigenvalue weighted by molar-refractivity contribution is 0.654. The van der Waals surface area contributed by atoms with Crippen LogP contribution in [0.2, 0.25) is 0 Å². The van der Waals surface area contributed by atoms with E-state index < -0.39 is 0 Å². The number of H-pyrrole nitrogens is 1. The van der Waals surface area contributed by atoms with E-state index in [1.165, 1.54) is 5.69 Å². The van der Waals surface area contributed by atoms with Gasteiger partial charge in [0, 0.05) is 63.3 Å². The average Bonchev–Trinajstić information content (AvgIpc) is 3.45. The van der Waals surface area contributed by atoms with Crippen molar-refractivity contribution in [2.45, 2.75) is 6.92 Å². The minimum Gasteiger partial charge on any atom is -0.368 e. The number of rotatable bonds is 5. The number of aromatic amines is 1. The fourth-order valence-corrected chi connectivity index (χ4v) is 6.14.